The number of hydrogen-bond donors (Lipinski definition) is 1. The predicted octanol–water partition coefficient (Wildman–Crippen LogP) is 2.24. The Balaban J connectivity index is 1.80. The van der Waals surface area contributed by atoms with E-state index in [1.54, 1.807) is 0 Å². The lowest BCUT2D eigenvalue weighted by Gasteiger charge is -2.37. The molecule has 4 nitrogen and oxygen atoms in total. The summed E-state index contributed by atoms with van der Waals surface area (Å²) in [7, 11) is 1.91. The second-order valence-electron chi connectivity index (χ2n) is 6.34. The molecule has 1 unspecified atom stereocenters. The fourth-order valence-electron chi connectivity index (χ4n) is 3.18. The van der Waals surface area contributed by atoms with Gasteiger partial charge in [-0.05, 0) is 24.8 Å². The smallest absolute Gasteiger partial charge is 0.239 e. The van der Waals surface area contributed by atoms with Crippen molar-refractivity contribution in [2.75, 3.05) is 20.1 Å². The van der Waals surface area contributed by atoms with Crippen LogP contribution in [0.2, 0.25) is 0 Å². The van der Waals surface area contributed by atoms with Gasteiger partial charge in [-0.2, -0.15) is 0 Å². The van der Waals surface area contributed by atoms with Crippen molar-refractivity contribution in [3.63, 3.8) is 0 Å². The molecule has 1 saturated heterocycles. The number of nitrogens with two attached hydrogens (primary N) is 1. The van der Waals surface area contributed by atoms with Crippen LogP contribution >= 0.6 is 0 Å². The van der Waals surface area contributed by atoms with Crippen molar-refractivity contribution in [2.24, 2.45) is 5.73 Å². The van der Waals surface area contributed by atoms with Gasteiger partial charge in [0.1, 0.15) is 0 Å². The van der Waals surface area contributed by atoms with Crippen LogP contribution in [-0.2, 0) is 11.3 Å². The Hall–Kier alpha value is -1.39. The maximum Gasteiger partial charge on any atom is 0.239 e. The minimum absolute atomic E-state index is 0.100. The van der Waals surface area contributed by atoms with Crippen LogP contribution in [0.3, 0.4) is 0 Å². The Kier molecular flexibility index (Phi) is 6.40. The van der Waals surface area contributed by atoms with Crippen LogP contribution in [0.1, 0.15) is 38.2 Å². The van der Waals surface area contributed by atoms with Crippen LogP contribution in [0, 0.1) is 0 Å². The number of likely N-dealkylation sites (tertiary alicyclic amines) is 1. The Labute approximate surface area is 134 Å². The van der Waals surface area contributed by atoms with E-state index in [1.165, 1.54) is 5.56 Å². The summed E-state index contributed by atoms with van der Waals surface area (Å²) in [6.07, 6.45) is 3.80. The number of nitrogens with zero attached hydrogens (tertiary/aromatic N) is 2. The first-order chi connectivity index (χ1) is 10.6. The van der Waals surface area contributed by atoms with Crippen LogP contribution in [-0.4, -0.2) is 47.9 Å². The molecule has 1 aromatic carbocycles. The van der Waals surface area contributed by atoms with Crippen molar-refractivity contribution < 1.29 is 4.79 Å². The molecule has 4 heteroatoms. The molecule has 1 heterocycles. The van der Waals surface area contributed by atoms with E-state index in [9.17, 15) is 4.79 Å². The molecule has 0 aliphatic carbocycles. The van der Waals surface area contributed by atoms with Crippen molar-refractivity contribution >= 4 is 5.91 Å². The zero-order chi connectivity index (χ0) is 15.9. The molecule has 1 atom stereocenters. The number of amides is 1. The van der Waals surface area contributed by atoms with Gasteiger partial charge in [0.05, 0.1) is 6.04 Å². The van der Waals surface area contributed by atoms with Gasteiger partial charge < -0.3 is 10.6 Å². The van der Waals surface area contributed by atoms with E-state index in [0.29, 0.717) is 6.04 Å². The van der Waals surface area contributed by atoms with E-state index in [4.69, 9.17) is 5.73 Å². The number of carbonyl (C=O) groups excluding carboxylic acids is 1. The van der Waals surface area contributed by atoms with Crippen LogP contribution < -0.4 is 5.73 Å². The summed E-state index contributed by atoms with van der Waals surface area (Å²) in [6.45, 7) is 5.15. The number of benzene rings is 1. The highest BCUT2D eigenvalue weighted by Gasteiger charge is 2.27. The quantitative estimate of drug-likeness (QED) is 0.877. The monoisotopic (exact) mass is 303 g/mol. The Morgan fingerprint density at radius 2 is 1.95 bits per heavy atom. The van der Waals surface area contributed by atoms with Crippen molar-refractivity contribution in [3.8, 4) is 0 Å². The van der Waals surface area contributed by atoms with E-state index in [2.05, 4.69) is 42.2 Å². The van der Waals surface area contributed by atoms with Gasteiger partial charge in [0, 0.05) is 32.7 Å². The van der Waals surface area contributed by atoms with Gasteiger partial charge in [-0.15, -0.1) is 0 Å². The van der Waals surface area contributed by atoms with Crippen LogP contribution in [0.25, 0.3) is 0 Å². The molecule has 1 amide bonds. The SMILES string of the molecule is CCCC(N)C(=O)N(C)C1CCN(Cc2ccccc2)CC1. The molecular formula is C18H29N3O. The summed E-state index contributed by atoms with van der Waals surface area (Å²) >= 11 is 0. The van der Waals surface area contributed by atoms with Gasteiger partial charge in [0.15, 0.2) is 0 Å². The summed E-state index contributed by atoms with van der Waals surface area (Å²) in [5.74, 6) is 0.100. The van der Waals surface area contributed by atoms with Crippen LogP contribution in [0.4, 0.5) is 0 Å². The van der Waals surface area contributed by atoms with Gasteiger partial charge in [0.2, 0.25) is 5.91 Å². The largest absolute Gasteiger partial charge is 0.341 e. The normalized spacial score (nSPS) is 18.1. The predicted molar refractivity (Wildman–Crippen MR) is 90.4 cm³/mol. The molecular weight excluding hydrogens is 274 g/mol. The van der Waals surface area contributed by atoms with Gasteiger partial charge in [-0.25, -0.2) is 0 Å². The second kappa shape index (κ2) is 8.30. The second-order valence-corrected chi connectivity index (χ2v) is 6.34. The van der Waals surface area contributed by atoms with Gasteiger partial charge in [0.25, 0.3) is 0 Å². The molecule has 1 fully saturated rings. The number of piperidine rings is 1. The van der Waals surface area contributed by atoms with E-state index in [-0.39, 0.29) is 11.9 Å². The third kappa shape index (κ3) is 4.55. The van der Waals surface area contributed by atoms with Gasteiger partial charge in [-0.3, -0.25) is 9.69 Å². The fraction of sp³-hybridized carbons (Fsp3) is 0.611. The van der Waals surface area contributed by atoms with E-state index < -0.39 is 0 Å². The van der Waals surface area contributed by atoms with Crippen LogP contribution in [0.5, 0.6) is 0 Å². The summed E-state index contributed by atoms with van der Waals surface area (Å²) in [5, 5.41) is 0. The molecule has 0 spiro atoms. The van der Waals surface area contributed by atoms with E-state index in [1.807, 2.05) is 11.9 Å². The topological polar surface area (TPSA) is 49.6 Å². The first kappa shape index (κ1) is 17.0. The zero-order valence-corrected chi connectivity index (χ0v) is 13.9. The Morgan fingerprint density at radius 3 is 2.55 bits per heavy atom. The third-order valence-electron chi connectivity index (χ3n) is 4.62. The number of rotatable bonds is 6. The highest BCUT2D eigenvalue weighted by Crippen LogP contribution is 2.18. The summed E-state index contributed by atoms with van der Waals surface area (Å²) in [5.41, 5.74) is 7.32. The Morgan fingerprint density at radius 1 is 1.32 bits per heavy atom. The minimum Gasteiger partial charge on any atom is -0.341 e. The highest BCUT2D eigenvalue weighted by atomic mass is 16.2. The molecule has 22 heavy (non-hydrogen) atoms. The average Bonchev–Trinajstić information content (AvgIpc) is 2.55. The number of likely N-dealkylation sites (N-methyl/N-ethyl adjacent to an activating group) is 1. The van der Waals surface area contributed by atoms with Crippen molar-refractivity contribution in [1.82, 2.24) is 9.80 Å². The van der Waals surface area contributed by atoms with Crippen molar-refractivity contribution in [3.05, 3.63) is 35.9 Å². The van der Waals surface area contributed by atoms with Crippen molar-refractivity contribution in [1.29, 1.82) is 0 Å². The first-order valence-electron chi connectivity index (χ1n) is 8.40. The van der Waals surface area contributed by atoms with Gasteiger partial charge >= 0.3 is 0 Å². The molecule has 1 aromatic rings. The summed E-state index contributed by atoms with van der Waals surface area (Å²) in [6, 6.07) is 10.6. The molecule has 122 valence electrons. The third-order valence-corrected chi connectivity index (χ3v) is 4.62. The molecule has 0 aromatic heterocycles. The standard InChI is InChI=1S/C18H29N3O/c1-3-7-17(19)18(22)20(2)16-10-12-21(13-11-16)14-15-8-5-4-6-9-15/h4-6,8-9,16-17H,3,7,10-14,19H2,1-2H3. The minimum atomic E-state index is -0.336. The highest BCUT2D eigenvalue weighted by molar-refractivity contribution is 5.81. The zero-order valence-electron chi connectivity index (χ0n) is 13.9. The summed E-state index contributed by atoms with van der Waals surface area (Å²) < 4.78 is 0. The van der Waals surface area contributed by atoms with Crippen molar-refractivity contribution in [2.45, 2.75) is 51.2 Å². The van der Waals surface area contributed by atoms with Gasteiger partial charge in [-0.1, -0.05) is 43.7 Å². The van der Waals surface area contributed by atoms with Crippen LogP contribution in [0.15, 0.2) is 30.3 Å². The number of hydrogen-bond acceptors (Lipinski definition) is 3. The first-order valence-corrected chi connectivity index (χ1v) is 8.40. The molecule has 1 aliphatic heterocycles. The molecule has 0 bridgehead atoms. The van der Waals surface area contributed by atoms with E-state index >= 15 is 0 Å². The lowest BCUT2D eigenvalue weighted by molar-refractivity contribution is -0.134. The summed E-state index contributed by atoms with van der Waals surface area (Å²) in [4.78, 5) is 16.6. The number of carbonyl (C=O) groups is 1. The molecule has 0 saturated carbocycles. The molecule has 2 rings (SSSR count). The molecule has 2 N–H and O–H groups in total. The fourth-order valence-corrected chi connectivity index (χ4v) is 3.18. The van der Waals surface area contributed by atoms with E-state index in [0.717, 1.165) is 45.3 Å². The lowest BCUT2D eigenvalue weighted by atomic mass is 10.0. The lowest BCUT2D eigenvalue weighted by Crippen LogP contribution is -2.50. The maximum atomic E-state index is 12.3. The average molecular weight is 303 g/mol. The molecule has 0 radical (unpaired) electrons. The maximum absolute atomic E-state index is 12.3. The Bertz CT molecular complexity index is 455. The molecule has 1 aliphatic rings.